The molecule has 2 rings (SSSR count). The van der Waals surface area contributed by atoms with Gasteiger partial charge < -0.3 is 15.8 Å². The highest BCUT2D eigenvalue weighted by Crippen LogP contribution is 2.20. The van der Waals surface area contributed by atoms with Gasteiger partial charge in [0.2, 0.25) is 5.91 Å². The van der Waals surface area contributed by atoms with Crippen LogP contribution in [0.1, 0.15) is 24.9 Å². The molecule has 1 atom stereocenters. The summed E-state index contributed by atoms with van der Waals surface area (Å²) in [6.45, 7) is 3.35. The third-order valence-corrected chi connectivity index (χ3v) is 3.42. The molecule has 0 fully saturated rings. The van der Waals surface area contributed by atoms with E-state index in [1.807, 2.05) is 25.1 Å². The molecule has 0 aliphatic carbocycles. The van der Waals surface area contributed by atoms with Gasteiger partial charge in [0.15, 0.2) is 0 Å². The summed E-state index contributed by atoms with van der Waals surface area (Å²) in [6.07, 6.45) is 0.359. The molecule has 0 heterocycles. The van der Waals surface area contributed by atoms with E-state index >= 15 is 0 Å². The summed E-state index contributed by atoms with van der Waals surface area (Å²) < 4.78 is 5.19. The van der Waals surface area contributed by atoms with Crippen molar-refractivity contribution in [2.45, 2.75) is 19.4 Å². The Balaban J connectivity index is 0.00000242. The number of carbonyl (C=O) groups is 1. The van der Waals surface area contributed by atoms with Crippen molar-refractivity contribution >= 4 is 29.1 Å². The molecule has 120 valence electrons. The maximum Gasteiger partial charge on any atom is 0.222 e. The lowest BCUT2D eigenvalue weighted by Gasteiger charge is -2.18. The third kappa shape index (κ3) is 4.98. The van der Waals surface area contributed by atoms with Gasteiger partial charge in [-0.3, -0.25) is 4.79 Å². The predicted molar refractivity (Wildman–Crippen MR) is 92.2 cm³/mol. The smallest absolute Gasteiger partial charge is 0.222 e. The predicted octanol–water partition coefficient (Wildman–Crippen LogP) is 2.80. The number of rotatable bonds is 7. The highest BCUT2D eigenvalue weighted by Gasteiger charge is 2.13. The molecule has 0 bridgehead atoms. The number of hydrogen-bond acceptors (Lipinski definition) is 3. The van der Waals surface area contributed by atoms with Crippen LogP contribution in [0, 0.1) is 0 Å². The molecule has 3 N–H and O–H groups in total. The van der Waals surface area contributed by atoms with E-state index in [0.29, 0.717) is 26.2 Å². The topological polar surface area (TPSA) is 64.3 Å². The minimum Gasteiger partial charge on any atom is -0.381 e. The minimum absolute atomic E-state index is 0. The van der Waals surface area contributed by atoms with E-state index in [4.69, 9.17) is 10.5 Å². The Bertz CT molecular complexity index is 604. The minimum atomic E-state index is -0.163. The van der Waals surface area contributed by atoms with Crippen molar-refractivity contribution in [3.8, 4) is 0 Å². The second kappa shape index (κ2) is 9.41. The molecule has 0 saturated heterocycles. The number of amides is 1. The van der Waals surface area contributed by atoms with Crippen LogP contribution in [0.25, 0.3) is 10.8 Å². The fourth-order valence-electron chi connectivity index (χ4n) is 2.28. The Morgan fingerprint density at radius 3 is 2.64 bits per heavy atom. The van der Waals surface area contributed by atoms with Crippen LogP contribution < -0.4 is 11.1 Å². The Hall–Kier alpha value is -1.62. The fourth-order valence-corrected chi connectivity index (χ4v) is 2.28. The van der Waals surface area contributed by atoms with Crippen LogP contribution >= 0.6 is 12.4 Å². The van der Waals surface area contributed by atoms with Crippen LogP contribution in [0.3, 0.4) is 0 Å². The average molecular weight is 323 g/mol. The Labute approximate surface area is 137 Å². The molecule has 4 nitrogen and oxygen atoms in total. The van der Waals surface area contributed by atoms with E-state index in [1.54, 1.807) is 0 Å². The van der Waals surface area contributed by atoms with E-state index in [9.17, 15) is 4.79 Å². The molecule has 22 heavy (non-hydrogen) atoms. The molecule has 0 aliphatic rings. The Morgan fingerprint density at radius 2 is 1.95 bits per heavy atom. The lowest BCUT2D eigenvalue weighted by atomic mass is 10.0. The Morgan fingerprint density at radius 1 is 1.23 bits per heavy atom. The van der Waals surface area contributed by atoms with Crippen molar-refractivity contribution in [2.75, 3.05) is 19.8 Å². The van der Waals surface area contributed by atoms with Crippen molar-refractivity contribution < 1.29 is 9.53 Å². The van der Waals surface area contributed by atoms with Crippen molar-refractivity contribution in [3.63, 3.8) is 0 Å². The quantitative estimate of drug-likeness (QED) is 0.770. The van der Waals surface area contributed by atoms with Crippen molar-refractivity contribution in [1.29, 1.82) is 0 Å². The maximum atomic E-state index is 11.9. The maximum absolute atomic E-state index is 11.9. The van der Waals surface area contributed by atoms with E-state index in [-0.39, 0.29) is 24.4 Å². The van der Waals surface area contributed by atoms with E-state index in [0.717, 1.165) is 10.9 Å². The molecule has 0 spiro atoms. The first-order valence-electron chi connectivity index (χ1n) is 7.30. The zero-order chi connectivity index (χ0) is 15.1. The highest BCUT2D eigenvalue weighted by molar-refractivity contribution is 5.85. The Kier molecular flexibility index (Phi) is 7.88. The standard InChI is InChI=1S/C17H22N2O2.ClH/c1-2-21-10-9-17(20)19-16(12-18)15-8-7-13-5-3-4-6-14(13)11-15;/h3-8,11,16H,2,9-10,12,18H2,1H3,(H,19,20);1H. The first-order valence-corrected chi connectivity index (χ1v) is 7.30. The number of nitrogens with one attached hydrogen (secondary N) is 1. The lowest BCUT2D eigenvalue weighted by Crippen LogP contribution is -2.33. The van der Waals surface area contributed by atoms with Crippen LogP contribution in [0.15, 0.2) is 42.5 Å². The van der Waals surface area contributed by atoms with Crippen LogP contribution in [0.2, 0.25) is 0 Å². The summed E-state index contributed by atoms with van der Waals surface area (Å²) in [4.78, 5) is 11.9. The van der Waals surface area contributed by atoms with Crippen LogP contribution in [0.4, 0.5) is 0 Å². The SMILES string of the molecule is CCOCCC(=O)NC(CN)c1ccc2ccccc2c1.Cl. The van der Waals surface area contributed by atoms with Gasteiger partial charge in [-0.05, 0) is 29.3 Å². The summed E-state index contributed by atoms with van der Waals surface area (Å²) >= 11 is 0. The molecular weight excluding hydrogens is 300 g/mol. The summed E-state index contributed by atoms with van der Waals surface area (Å²) in [5, 5.41) is 5.29. The third-order valence-electron chi connectivity index (χ3n) is 3.42. The summed E-state index contributed by atoms with van der Waals surface area (Å²) in [6, 6.07) is 14.1. The van der Waals surface area contributed by atoms with E-state index in [2.05, 4.69) is 29.6 Å². The van der Waals surface area contributed by atoms with Crippen LogP contribution in [-0.4, -0.2) is 25.7 Å². The summed E-state index contributed by atoms with van der Waals surface area (Å²) in [5.74, 6) is -0.0351. The number of ether oxygens (including phenoxy) is 1. The monoisotopic (exact) mass is 322 g/mol. The first kappa shape index (κ1) is 18.4. The van der Waals surface area contributed by atoms with Gasteiger partial charge in [0.25, 0.3) is 0 Å². The highest BCUT2D eigenvalue weighted by atomic mass is 35.5. The lowest BCUT2D eigenvalue weighted by molar-refractivity contribution is -0.122. The normalized spacial score (nSPS) is 11.7. The van der Waals surface area contributed by atoms with Crippen molar-refractivity contribution in [1.82, 2.24) is 5.32 Å². The largest absolute Gasteiger partial charge is 0.381 e. The van der Waals surface area contributed by atoms with E-state index < -0.39 is 0 Å². The van der Waals surface area contributed by atoms with Gasteiger partial charge in [-0.25, -0.2) is 0 Å². The molecule has 1 amide bonds. The molecule has 0 aromatic heterocycles. The number of halogens is 1. The summed E-state index contributed by atoms with van der Waals surface area (Å²) in [7, 11) is 0. The average Bonchev–Trinajstić information content (AvgIpc) is 2.52. The molecule has 5 heteroatoms. The van der Waals surface area contributed by atoms with Gasteiger partial charge in [0.05, 0.1) is 12.6 Å². The second-order valence-electron chi connectivity index (χ2n) is 4.91. The number of nitrogens with two attached hydrogens (primary N) is 1. The fraction of sp³-hybridized carbons (Fsp3) is 0.353. The molecule has 1 unspecified atom stereocenters. The summed E-state index contributed by atoms with van der Waals surface area (Å²) in [5.41, 5.74) is 6.83. The first-order chi connectivity index (χ1) is 10.2. The molecule has 0 aliphatic heterocycles. The van der Waals surface area contributed by atoms with Crippen molar-refractivity contribution in [3.05, 3.63) is 48.0 Å². The molecule has 0 saturated carbocycles. The van der Waals surface area contributed by atoms with Gasteiger partial charge in [0.1, 0.15) is 0 Å². The number of hydrogen-bond donors (Lipinski definition) is 2. The number of benzene rings is 2. The van der Waals surface area contributed by atoms with Crippen LogP contribution in [0.5, 0.6) is 0 Å². The van der Waals surface area contributed by atoms with Crippen molar-refractivity contribution in [2.24, 2.45) is 5.73 Å². The van der Waals surface area contributed by atoms with Gasteiger partial charge in [-0.1, -0.05) is 36.4 Å². The van der Waals surface area contributed by atoms with Crippen LogP contribution in [-0.2, 0) is 9.53 Å². The van der Waals surface area contributed by atoms with Gasteiger partial charge in [-0.15, -0.1) is 12.4 Å². The number of fused-ring (bicyclic) bond motifs is 1. The molecule has 2 aromatic rings. The zero-order valence-corrected chi connectivity index (χ0v) is 13.6. The molecule has 2 aromatic carbocycles. The number of carbonyl (C=O) groups excluding carboxylic acids is 1. The van der Waals surface area contributed by atoms with E-state index in [1.165, 1.54) is 5.39 Å². The van der Waals surface area contributed by atoms with Gasteiger partial charge in [0, 0.05) is 19.6 Å². The molecule has 0 radical (unpaired) electrons. The van der Waals surface area contributed by atoms with Gasteiger partial charge >= 0.3 is 0 Å². The molecular formula is C17H23ClN2O2. The van der Waals surface area contributed by atoms with Gasteiger partial charge in [-0.2, -0.15) is 0 Å². The second-order valence-corrected chi connectivity index (χ2v) is 4.91. The zero-order valence-electron chi connectivity index (χ0n) is 12.7.